The number of anilines is 1. The second-order valence-electron chi connectivity index (χ2n) is 5.27. The fourth-order valence-electron chi connectivity index (χ4n) is 2.55. The number of benzene rings is 1. The Hall–Kier alpha value is -2.43. The van der Waals surface area contributed by atoms with Crippen molar-refractivity contribution in [3.8, 4) is 6.07 Å². The van der Waals surface area contributed by atoms with E-state index in [1.807, 2.05) is 0 Å². The van der Waals surface area contributed by atoms with Crippen LogP contribution < -0.4 is 5.32 Å². The first-order valence-corrected chi connectivity index (χ1v) is 7.06. The van der Waals surface area contributed by atoms with E-state index < -0.39 is 17.8 Å². The van der Waals surface area contributed by atoms with Crippen LogP contribution >= 0.6 is 0 Å². The minimum absolute atomic E-state index is 0.0741. The van der Waals surface area contributed by atoms with E-state index in [4.69, 9.17) is 5.26 Å². The summed E-state index contributed by atoms with van der Waals surface area (Å²) in [4.78, 5) is 13.1. The Balaban J connectivity index is 2.14. The number of rotatable bonds is 2. The normalized spacial score (nSPS) is 18.2. The van der Waals surface area contributed by atoms with E-state index in [1.165, 1.54) is 18.1 Å². The summed E-state index contributed by atoms with van der Waals surface area (Å²) in [5.74, 6) is 0. The van der Waals surface area contributed by atoms with Crippen molar-refractivity contribution in [2.24, 2.45) is 0 Å². The van der Waals surface area contributed by atoms with E-state index >= 15 is 0 Å². The number of piperidine rings is 1. The predicted octanol–water partition coefficient (Wildman–Crippen LogP) is 3.22. The summed E-state index contributed by atoms with van der Waals surface area (Å²) in [6.45, 7) is 0.946. The summed E-state index contributed by atoms with van der Waals surface area (Å²) >= 11 is 0. The van der Waals surface area contributed by atoms with Crippen LogP contribution in [0.15, 0.2) is 18.2 Å². The van der Waals surface area contributed by atoms with Crippen molar-refractivity contribution in [3.63, 3.8) is 0 Å². The van der Waals surface area contributed by atoms with E-state index in [-0.39, 0.29) is 11.6 Å². The van der Waals surface area contributed by atoms with Crippen LogP contribution in [0, 0.1) is 11.3 Å². The van der Waals surface area contributed by atoms with Gasteiger partial charge in [0.2, 0.25) is 0 Å². The highest BCUT2D eigenvalue weighted by Gasteiger charge is 2.31. The van der Waals surface area contributed by atoms with Crippen molar-refractivity contribution < 1.29 is 22.7 Å². The molecule has 2 rings (SSSR count). The zero-order valence-corrected chi connectivity index (χ0v) is 12.5. The lowest BCUT2D eigenvalue weighted by Gasteiger charge is -2.32. The van der Waals surface area contributed by atoms with Crippen LogP contribution in [-0.2, 0) is 10.9 Å². The first-order chi connectivity index (χ1) is 10.8. The molecule has 1 N–H and O–H groups in total. The molecule has 0 aliphatic carbocycles. The van der Waals surface area contributed by atoms with Gasteiger partial charge in [0.15, 0.2) is 0 Å². The summed E-state index contributed by atoms with van der Waals surface area (Å²) in [5.41, 5.74) is -0.605. The molecule has 8 heteroatoms. The van der Waals surface area contributed by atoms with Gasteiger partial charge in [0, 0.05) is 19.1 Å². The number of alkyl halides is 3. The number of carbonyl (C=O) groups excluding carboxylic acids is 1. The quantitative estimate of drug-likeness (QED) is 0.906. The first kappa shape index (κ1) is 16.9. The van der Waals surface area contributed by atoms with Crippen molar-refractivity contribution in [2.45, 2.75) is 25.1 Å². The minimum atomic E-state index is -4.49. The Morgan fingerprint density at radius 2 is 2.22 bits per heavy atom. The van der Waals surface area contributed by atoms with E-state index in [1.54, 1.807) is 6.07 Å². The maximum Gasteiger partial charge on any atom is 0.416 e. The van der Waals surface area contributed by atoms with Crippen LogP contribution in [0.25, 0.3) is 0 Å². The molecular formula is C15H16F3N3O2. The van der Waals surface area contributed by atoms with Crippen molar-refractivity contribution in [2.75, 3.05) is 25.5 Å². The van der Waals surface area contributed by atoms with E-state index in [0.29, 0.717) is 18.8 Å². The van der Waals surface area contributed by atoms with Crippen LogP contribution in [0.2, 0.25) is 0 Å². The first-order valence-electron chi connectivity index (χ1n) is 7.06. The molecule has 0 saturated carbocycles. The number of methoxy groups -OCH3 is 1. The zero-order chi connectivity index (χ0) is 17.0. The molecule has 0 aromatic heterocycles. The number of hydrogen-bond acceptors (Lipinski definition) is 4. The van der Waals surface area contributed by atoms with E-state index in [9.17, 15) is 18.0 Å². The summed E-state index contributed by atoms with van der Waals surface area (Å²) in [7, 11) is 1.29. The molecule has 5 nitrogen and oxygen atoms in total. The molecule has 0 spiro atoms. The third kappa shape index (κ3) is 4.06. The van der Waals surface area contributed by atoms with Gasteiger partial charge in [0.25, 0.3) is 0 Å². The standard InChI is InChI=1S/C15H16F3N3O2/c1-23-14(22)21-6-2-3-12(9-21)20-13-5-4-11(15(16,17)18)7-10(13)8-19/h4-5,7,12,20H,2-3,6,9H2,1H3. The molecule has 1 aliphatic heterocycles. The van der Waals surface area contributed by atoms with Crippen LogP contribution in [0.3, 0.4) is 0 Å². The highest BCUT2D eigenvalue weighted by molar-refractivity contribution is 5.68. The van der Waals surface area contributed by atoms with Crippen LogP contribution in [0.5, 0.6) is 0 Å². The number of ether oxygens (including phenoxy) is 1. The Bertz CT molecular complexity index is 625. The number of halogens is 3. The van der Waals surface area contributed by atoms with Gasteiger partial charge in [-0.15, -0.1) is 0 Å². The van der Waals surface area contributed by atoms with Gasteiger partial charge in [0.05, 0.1) is 23.9 Å². The number of carbonyl (C=O) groups is 1. The van der Waals surface area contributed by atoms with Crippen LogP contribution in [-0.4, -0.2) is 37.2 Å². The lowest BCUT2D eigenvalue weighted by Crippen LogP contribution is -2.45. The predicted molar refractivity (Wildman–Crippen MR) is 76.8 cm³/mol. The Morgan fingerprint density at radius 1 is 1.48 bits per heavy atom. The Kier molecular flexibility index (Phi) is 4.98. The molecule has 1 fully saturated rings. The minimum Gasteiger partial charge on any atom is -0.453 e. The summed E-state index contributed by atoms with van der Waals surface area (Å²) in [6.07, 6.45) is -3.44. The fraction of sp³-hybridized carbons (Fsp3) is 0.467. The average Bonchev–Trinajstić information content (AvgIpc) is 2.53. The highest BCUT2D eigenvalue weighted by atomic mass is 19.4. The van der Waals surface area contributed by atoms with Gasteiger partial charge >= 0.3 is 12.3 Å². The van der Waals surface area contributed by atoms with Gasteiger partial charge in [-0.3, -0.25) is 0 Å². The second kappa shape index (κ2) is 6.77. The van der Waals surface area contributed by atoms with Crippen LogP contribution in [0.1, 0.15) is 24.0 Å². The van der Waals surface area contributed by atoms with Crippen molar-refractivity contribution in [1.82, 2.24) is 4.90 Å². The molecule has 0 radical (unpaired) electrons. The van der Waals surface area contributed by atoms with Gasteiger partial charge in [-0.05, 0) is 31.0 Å². The Morgan fingerprint density at radius 3 is 2.83 bits per heavy atom. The molecule has 1 heterocycles. The molecule has 124 valence electrons. The highest BCUT2D eigenvalue weighted by Crippen LogP contribution is 2.32. The van der Waals surface area contributed by atoms with E-state index in [0.717, 1.165) is 25.0 Å². The van der Waals surface area contributed by atoms with Crippen LogP contribution in [0.4, 0.5) is 23.7 Å². The number of likely N-dealkylation sites (tertiary alicyclic amines) is 1. The molecule has 1 saturated heterocycles. The number of amides is 1. The molecule has 1 atom stereocenters. The van der Waals surface area contributed by atoms with Gasteiger partial charge < -0.3 is 15.0 Å². The third-order valence-corrected chi connectivity index (χ3v) is 3.68. The number of nitrogens with one attached hydrogen (secondary N) is 1. The van der Waals surface area contributed by atoms with Crippen molar-refractivity contribution >= 4 is 11.8 Å². The third-order valence-electron chi connectivity index (χ3n) is 3.68. The molecule has 23 heavy (non-hydrogen) atoms. The molecule has 1 aromatic rings. The van der Waals surface area contributed by atoms with E-state index in [2.05, 4.69) is 10.1 Å². The monoisotopic (exact) mass is 327 g/mol. The number of hydrogen-bond donors (Lipinski definition) is 1. The summed E-state index contributed by atoms with van der Waals surface area (Å²) < 4.78 is 42.7. The molecule has 1 unspecified atom stereocenters. The SMILES string of the molecule is COC(=O)N1CCCC(Nc2ccc(C(F)(F)F)cc2C#N)C1. The lowest BCUT2D eigenvalue weighted by molar-refractivity contribution is -0.137. The van der Waals surface area contributed by atoms with Gasteiger partial charge in [-0.1, -0.05) is 0 Å². The maximum absolute atomic E-state index is 12.7. The van der Waals surface area contributed by atoms with Gasteiger partial charge in [-0.25, -0.2) is 4.79 Å². The average molecular weight is 327 g/mol. The zero-order valence-electron chi connectivity index (χ0n) is 12.5. The molecule has 1 aromatic carbocycles. The molecule has 1 amide bonds. The smallest absolute Gasteiger partial charge is 0.416 e. The summed E-state index contributed by atoms with van der Waals surface area (Å²) in [5, 5.41) is 12.1. The molecule has 1 aliphatic rings. The second-order valence-corrected chi connectivity index (χ2v) is 5.27. The number of nitrogens with zero attached hydrogens (tertiary/aromatic N) is 2. The lowest BCUT2D eigenvalue weighted by atomic mass is 10.0. The van der Waals surface area contributed by atoms with Gasteiger partial charge in [0.1, 0.15) is 6.07 Å². The maximum atomic E-state index is 12.7. The van der Waals surface area contributed by atoms with Gasteiger partial charge in [-0.2, -0.15) is 18.4 Å². The topological polar surface area (TPSA) is 65.4 Å². The van der Waals surface area contributed by atoms with Crippen molar-refractivity contribution in [3.05, 3.63) is 29.3 Å². The van der Waals surface area contributed by atoms with Crippen molar-refractivity contribution in [1.29, 1.82) is 5.26 Å². The largest absolute Gasteiger partial charge is 0.453 e. The summed E-state index contributed by atoms with van der Waals surface area (Å²) in [6, 6.07) is 4.63. The fourth-order valence-corrected chi connectivity index (χ4v) is 2.55. The Labute approximate surface area is 131 Å². The molecule has 0 bridgehead atoms. The number of nitriles is 1. The molecular weight excluding hydrogens is 311 g/mol.